The Hall–Kier alpha value is -2.78. The molecule has 2 aliphatic rings. The van der Waals surface area contributed by atoms with Crippen molar-refractivity contribution in [3.63, 3.8) is 0 Å². The molecule has 1 aromatic carbocycles. The Morgan fingerprint density at radius 1 is 1.33 bits per heavy atom. The molecule has 0 aliphatic carbocycles. The molecule has 1 aromatic heterocycles. The molecule has 2 saturated heterocycles. The van der Waals surface area contributed by atoms with Gasteiger partial charge in [0, 0.05) is 32.5 Å². The van der Waals surface area contributed by atoms with Crippen LogP contribution in [0.4, 0.5) is 0 Å². The zero-order valence-electron chi connectivity index (χ0n) is 16.6. The van der Waals surface area contributed by atoms with Gasteiger partial charge in [-0.3, -0.25) is 14.4 Å². The van der Waals surface area contributed by atoms with E-state index in [1.807, 2.05) is 36.7 Å². The van der Waals surface area contributed by atoms with E-state index >= 15 is 0 Å². The van der Waals surface area contributed by atoms with Crippen molar-refractivity contribution >= 4 is 29.1 Å². The zero-order chi connectivity index (χ0) is 21.3. The van der Waals surface area contributed by atoms with E-state index in [0.29, 0.717) is 6.54 Å². The lowest BCUT2D eigenvalue weighted by Gasteiger charge is -2.25. The third-order valence-corrected chi connectivity index (χ3v) is 6.60. The van der Waals surface area contributed by atoms with Crippen LogP contribution in [-0.2, 0) is 20.9 Å². The highest BCUT2D eigenvalue weighted by atomic mass is 32.1. The van der Waals surface area contributed by atoms with Crippen molar-refractivity contribution < 1.29 is 19.5 Å². The Morgan fingerprint density at radius 3 is 2.73 bits per heavy atom. The molecular weight excluding hydrogens is 404 g/mol. The molecule has 0 bridgehead atoms. The molecule has 3 atom stereocenters. The van der Waals surface area contributed by atoms with Crippen LogP contribution in [0.3, 0.4) is 0 Å². The smallest absolute Gasteiger partial charge is 0.243 e. The fourth-order valence-electron chi connectivity index (χ4n) is 3.98. The summed E-state index contributed by atoms with van der Waals surface area (Å²) in [5, 5.41) is 15.5. The minimum Gasteiger partial charge on any atom is -0.391 e. The second-order valence-corrected chi connectivity index (χ2v) is 8.64. The number of likely N-dealkylation sites (tertiary alicyclic amines) is 1. The van der Waals surface area contributed by atoms with Crippen LogP contribution in [0.15, 0.2) is 29.8 Å². The van der Waals surface area contributed by atoms with E-state index in [1.54, 1.807) is 11.3 Å². The van der Waals surface area contributed by atoms with E-state index in [0.717, 1.165) is 21.7 Å². The summed E-state index contributed by atoms with van der Waals surface area (Å²) in [5.74, 6) is -1.18. The van der Waals surface area contributed by atoms with Crippen molar-refractivity contribution in [3.05, 3.63) is 41.0 Å². The van der Waals surface area contributed by atoms with Crippen LogP contribution in [0, 0.1) is 12.8 Å². The average Bonchev–Trinajstić information content (AvgIpc) is 3.46. The molecule has 2 aliphatic heterocycles. The van der Waals surface area contributed by atoms with Gasteiger partial charge in [0.1, 0.15) is 6.04 Å². The Balaban J connectivity index is 1.37. The monoisotopic (exact) mass is 428 g/mol. The van der Waals surface area contributed by atoms with Crippen molar-refractivity contribution in [2.45, 2.75) is 38.5 Å². The number of β-amino-alcohol motifs (C(OH)–C–C–N with tert-alkyl or cyclic N) is 1. The normalized spacial score (nSPS) is 23.5. The molecule has 9 heteroatoms. The fraction of sp³-hybridized carbons (Fsp3) is 0.429. The molecule has 3 amide bonds. The van der Waals surface area contributed by atoms with E-state index in [2.05, 4.69) is 15.6 Å². The Labute approximate surface area is 178 Å². The Morgan fingerprint density at radius 2 is 2.10 bits per heavy atom. The van der Waals surface area contributed by atoms with Crippen LogP contribution in [0.1, 0.15) is 24.1 Å². The maximum atomic E-state index is 12.8. The summed E-state index contributed by atoms with van der Waals surface area (Å²) in [4.78, 5) is 43.7. The molecule has 1 unspecified atom stereocenters. The highest BCUT2D eigenvalue weighted by Gasteiger charge is 2.42. The highest BCUT2D eigenvalue weighted by Crippen LogP contribution is 2.27. The van der Waals surface area contributed by atoms with Crippen molar-refractivity contribution in [2.75, 3.05) is 13.1 Å². The van der Waals surface area contributed by atoms with Crippen LogP contribution in [0.2, 0.25) is 0 Å². The number of carbonyl (C=O) groups is 3. The third-order valence-electron chi connectivity index (χ3n) is 5.62. The van der Waals surface area contributed by atoms with E-state index in [4.69, 9.17) is 0 Å². The predicted molar refractivity (Wildman–Crippen MR) is 111 cm³/mol. The van der Waals surface area contributed by atoms with Gasteiger partial charge in [0.15, 0.2) is 0 Å². The summed E-state index contributed by atoms with van der Waals surface area (Å²) in [6, 6.07) is 7.19. The summed E-state index contributed by atoms with van der Waals surface area (Å²) < 4.78 is 0. The number of aliphatic hydroxyl groups excluding tert-OH is 1. The van der Waals surface area contributed by atoms with Crippen LogP contribution >= 0.6 is 11.3 Å². The molecule has 4 rings (SSSR count). The zero-order valence-corrected chi connectivity index (χ0v) is 17.4. The van der Waals surface area contributed by atoms with Gasteiger partial charge in [-0.1, -0.05) is 24.3 Å². The van der Waals surface area contributed by atoms with Gasteiger partial charge in [-0.2, -0.15) is 0 Å². The van der Waals surface area contributed by atoms with Crippen molar-refractivity contribution in [2.24, 2.45) is 5.92 Å². The minimum absolute atomic E-state index is 0.116. The lowest BCUT2D eigenvalue weighted by Crippen LogP contribution is -2.48. The van der Waals surface area contributed by atoms with E-state index in [1.165, 1.54) is 4.90 Å². The number of nitrogens with one attached hydrogen (secondary N) is 2. The largest absolute Gasteiger partial charge is 0.391 e. The lowest BCUT2D eigenvalue weighted by atomic mass is 10.1. The molecule has 0 spiro atoms. The number of aryl methyl sites for hydroxylation is 1. The number of nitrogens with zero attached hydrogens (tertiary/aromatic N) is 2. The van der Waals surface area contributed by atoms with Crippen LogP contribution in [0.25, 0.3) is 10.4 Å². The van der Waals surface area contributed by atoms with Gasteiger partial charge in [0.25, 0.3) is 0 Å². The van der Waals surface area contributed by atoms with Gasteiger partial charge < -0.3 is 20.6 Å². The standard InChI is InChI=1S/C21H24N4O4S/c1-12-19(30-11-24-12)14-4-2-13(3-5-14)8-23-20(28)17-7-16(26)10-25(17)21(29)15-6-18(27)22-9-15/h2-5,11,15-17,26H,6-10H2,1H3,(H,22,27)(H,23,28)/t15?,16-,17+/m1/s1. The van der Waals surface area contributed by atoms with Crippen molar-refractivity contribution in [1.29, 1.82) is 0 Å². The number of rotatable bonds is 5. The van der Waals surface area contributed by atoms with E-state index in [-0.39, 0.29) is 43.7 Å². The van der Waals surface area contributed by atoms with Gasteiger partial charge in [0.05, 0.1) is 28.1 Å². The molecule has 2 aromatic rings. The Bertz CT molecular complexity index is 958. The first kappa shape index (κ1) is 20.5. The molecule has 3 N–H and O–H groups in total. The topological polar surface area (TPSA) is 112 Å². The van der Waals surface area contributed by atoms with Crippen LogP contribution < -0.4 is 10.6 Å². The first-order valence-electron chi connectivity index (χ1n) is 9.94. The van der Waals surface area contributed by atoms with Crippen LogP contribution in [0.5, 0.6) is 0 Å². The van der Waals surface area contributed by atoms with E-state index < -0.39 is 18.1 Å². The number of thiazole rings is 1. The summed E-state index contributed by atoms with van der Waals surface area (Å²) in [5.41, 5.74) is 4.83. The highest BCUT2D eigenvalue weighted by molar-refractivity contribution is 7.13. The lowest BCUT2D eigenvalue weighted by molar-refractivity contribution is -0.141. The molecule has 3 heterocycles. The van der Waals surface area contributed by atoms with Gasteiger partial charge in [-0.15, -0.1) is 11.3 Å². The molecule has 8 nitrogen and oxygen atoms in total. The number of hydrogen-bond acceptors (Lipinski definition) is 6. The Kier molecular flexibility index (Phi) is 5.83. The molecule has 0 radical (unpaired) electrons. The van der Waals surface area contributed by atoms with Gasteiger partial charge >= 0.3 is 0 Å². The first-order chi connectivity index (χ1) is 14.4. The number of carbonyl (C=O) groups excluding carboxylic acids is 3. The summed E-state index contributed by atoms with van der Waals surface area (Å²) in [6.07, 6.45) is -0.405. The number of hydrogen-bond donors (Lipinski definition) is 3. The SMILES string of the molecule is Cc1ncsc1-c1ccc(CNC(=O)[C@@H]2C[C@@H](O)CN2C(=O)C2CNC(=O)C2)cc1. The van der Waals surface area contributed by atoms with Gasteiger partial charge in [-0.05, 0) is 18.1 Å². The fourth-order valence-corrected chi connectivity index (χ4v) is 4.79. The quantitative estimate of drug-likeness (QED) is 0.653. The average molecular weight is 429 g/mol. The van der Waals surface area contributed by atoms with E-state index in [9.17, 15) is 19.5 Å². The summed E-state index contributed by atoms with van der Waals surface area (Å²) in [6.45, 7) is 2.70. The van der Waals surface area contributed by atoms with Crippen molar-refractivity contribution in [3.8, 4) is 10.4 Å². The second kappa shape index (κ2) is 8.53. The first-order valence-corrected chi connectivity index (χ1v) is 10.8. The molecule has 2 fully saturated rings. The minimum atomic E-state index is -0.739. The van der Waals surface area contributed by atoms with Crippen molar-refractivity contribution in [1.82, 2.24) is 20.5 Å². The maximum Gasteiger partial charge on any atom is 0.243 e. The van der Waals surface area contributed by atoms with Gasteiger partial charge in [0.2, 0.25) is 17.7 Å². The molecule has 30 heavy (non-hydrogen) atoms. The van der Waals surface area contributed by atoms with Gasteiger partial charge in [-0.25, -0.2) is 4.98 Å². The molecule has 0 saturated carbocycles. The maximum absolute atomic E-state index is 12.8. The second-order valence-electron chi connectivity index (χ2n) is 7.78. The summed E-state index contributed by atoms with van der Waals surface area (Å²) in [7, 11) is 0. The molecule has 158 valence electrons. The number of aromatic nitrogens is 1. The number of benzene rings is 1. The number of aliphatic hydroxyl groups is 1. The predicted octanol–water partition coefficient (Wildman–Crippen LogP) is 0.833. The summed E-state index contributed by atoms with van der Waals surface area (Å²) >= 11 is 1.59. The molecular formula is C21H24N4O4S. The van der Waals surface area contributed by atoms with Crippen LogP contribution in [-0.4, -0.2) is 57.9 Å². The number of amides is 3. The third kappa shape index (κ3) is 4.22.